The van der Waals surface area contributed by atoms with Crippen LogP contribution in [-0.4, -0.2) is 50.8 Å². The molecule has 1 saturated carbocycles. The summed E-state index contributed by atoms with van der Waals surface area (Å²) < 4.78 is 33.6. The third-order valence-electron chi connectivity index (χ3n) is 5.68. The van der Waals surface area contributed by atoms with Crippen LogP contribution in [0.15, 0.2) is 42.5 Å². The van der Waals surface area contributed by atoms with Crippen molar-refractivity contribution in [3.63, 3.8) is 0 Å². The molecule has 0 unspecified atom stereocenters. The largest absolute Gasteiger partial charge is 0.383 e. The molecule has 5 nitrogen and oxygen atoms in total. The Balaban J connectivity index is 1.82. The van der Waals surface area contributed by atoms with Gasteiger partial charge in [-0.1, -0.05) is 40.9 Å². The van der Waals surface area contributed by atoms with Gasteiger partial charge in [-0.3, -0.25) is 0 Å². The number of methoxy groups -OCH3 is 1. The zero-order valence-electron chi connectivity index (χ0n) is 16.5. The van der Waals surface area contributed by atoms with Gasteiger partial charge in [0, 0.05) is 41.0 Å². The van der Waals surface area contributed by atoms with Crippen LogP contribution in [0.3, 0.4) is 0 Å². The molecule has 1 aliphatic heterocycles. The zero-order valence-corrected chi connectivity index (χ0v) is 19.6. The average Bonchev–Trinajstić information content (AvgIpc) is 3.55. The summed E-state index contributed by atoms with van der Waals surface area (Å²) >= 11 is 18.8. The zero-order chi connectivity index (χ0) is 21.5. The number of benzene rings is 2. The van der Waals surface area contributed by atoms with Crippen LogP contribution in [0.25, 0.3) is 0 Å². The normalized spacial score (nSPS) is 23.0. The van der Waals surface area contributed by atoms with Gasteiger partial charge in [-0.25, -0.2) is 8.42 Å². The monoisotopic (exact) mass is 488 g/mol. The summed E-state index contributed by atoms with van der Waals surface area (Å²) in [4.78, 5) is 2.17. The lowest BCUT2D eigenvalue weighted by atomic mass is 9.94. The van der Waals surface area contributed by atoms with E-state index in [2.05, 4.69) is 4.90 Å². The average molecular weight is 490 g/mol. The maximum absolute atomic E-state index is 13.2. The lowest BCUT2D eigenvalue weighted by Gasteiger charge is -2.48. The van der Waals surface area contributed by atoms with Crippen LogP contribution in [0.2, 0.25) is 15.1 Å². The first-order valence-electron chi connectivity index (χ1n) is 9.79. The molecular formula is C21H23Cl3N2O3S. The van der Waals surface area contributed by atoms with Crippen molar-refractivity contribution in [2.75, 3.05) is 31.7 Å². The first-order chi connectivity index (χ1) is 14.3. The second-order valence-corrected chi connectivity index (χ2v) is 11.1. The minimum absolute atomic E-state index is 0.250. The maximum Gasteiger partial charge on any atom is 0.217 e. The number of ether oxygens (including phenoxy) is 1. The van der Waals surface area contributed by atoms with E-state index in [0.717, 1.165) is 11.3 Å². The SMILES string of the molecule is COC[C@@H]1[C@H](c2ccc(Cl)cc2Cl)N(c2ccc(Cl)cc2)CCN1S(=O)(=O)C1CC1. The molecule has 30 heavy (non-hydrogen) atoms. The van der Waals surface area contributed by atoms with Crippen LogP contribution in [0.4, 0.5) is 5.69 Å². The molecule has 2 aliphatic rings. The molecule has 0 amide bonds. The van der Waals surface area contributed by atoms with Gasteiger partial charge in [0.2, 0.25) is 10.0 Å². The van der Waals surface area contributed by atoms with Crippen LogP contribution in [-0.2, 0) is 14.8 Å². The standard InChI is InChI=1S/C21H23Cl3N2O3S/c1-29-13-20-21(18-9-4-15(23)12-19(18)24)25(16-5-2-14(22)3-6-16)10-11-26(20)30(27,28)17-7-8-17/h2-6,9,12,17,20-21H,7-8,10-11,13H2,1H3/t20-,21+/m1/s1. The molecule has 162 valence electrons. The van der Waals surface area contributed by atoms with E-state index in [1.54, 1.807) is 23.5 Å². The molecule has 1 saturated heterocycles. The van der Waals surface area contributed by atoms with Crippen LogP contribution < -0.4 is 4.90 Å². The molecule has 0 spiro atoms. The number of rotatable bonds is 6. The molecule has 1 heterocycles. The van der Waals surface area contributed by atoms with Gasteiger partial charge in [0.15, 0.2) is 0 Å². The lowest BCUT2D eigenvalue weighted by molar-refractivity contribution is 0.104. The minimum atomic E-state index is -3.40. The maximum atomic E-state index is 13.2. The van der Waals surface area contributed by atoms with Crippen molar-refractivity contribution in [3.05, 3.63) is 63.1 Å². The molecule has 0 bridgehead atoms. The molecule has 0 N–H and O–H groups in total. The Kier molecular flexibility index (Phi) is 6.54. The van der Waals surface area contributed by atoms with Crippen molar-refractivity contribution in [1.82, 2.24) is 4.31 Å². The van der Waals surface area contributed by atoms with Gasteiger partial charge in [0.05, 0.1) is 23.9 Å². The van der Waals surface area contributed by atoms with E-state index in [1.807, 2.05) is 30.3 Å². The first kappa shape index (κ1) is 22.2. The Bertz CT molecular complexity index is 1010. The third kappa shape index (κ3) is 4.31. The van der Waals surface area contributed by atoms with E-state index < -0.39 is 16.1 Å². The molecule has 0 aromatic heterocycles. The first-order valence-corrected chi connectivity index (χ1v) is 12.4. The fraction of sp³-hybridized carbons (Fsp3) is 0.429. The smallest absolute Gasteiger partial charge is 0.217 e. The minimum Gasteiger partial charge on any atom is -0.383 e. The molecular weight excluding hydrogens is 467 g/mol. The van der Waals surface area contributed by atoms with Crippen LogP contribution >= 0.6 is 34.8 Å². The van der Waals surface area contributed by atoms with Gasteiger partial charge >= 0.3 is 0 Å². The van der Waals surface area contributed by atoms with E-state index in [4.69, 9.17) is 39.5 Å². The second kappa shape index (κ2) is 8.85. The van der Waals surface area contributed by atoms with Gasteiger partial charge in [0.1, 0.15) is 0 Å². The summed E-state index contributed by atoms with van der Waals surface area (Å²) in [5.41, 5.74) is 1.76. The lowest BCUT2D eigenvalue weighted by Crippen LogP contribution is -2.59. The number of anilines is 1. The van der Waals surface area contributed by atoms with E-state index >= 15 is 0 Å². The molecule has 1 aliphatic carbocycles. The Morgan fingerprint density at radius 1 is 1.00 bits per heavy atom. The van der Waals surface area contributed by atoms with E-state index in [1.165, 1.54) is 0 Å². The number of halogens is 3. The van der Waals surface area contributed by atoms with Crippen LogP contribution in [0.1, 0.15) is 24.4 Å². The molecule has 2 aromatic rings. The molecule has 4 rings (SSSR count). The highest BCUT2D eigenvalue weighted by Gasteiger charge is 2.48. The summed E-state index contributed by atoms with van der Waals surface area (Å²) in [5, 5.41) is 1.38. The highest BCUT2D eigenvalue weighted by molar-refractivity contribution is 7.90. The Morgan fingerprint density at radius 3 is 2.27 bits per heavy atom. The van der Waals surface area contributed by atoms with Gasteiger partial charge in [-0.15, -0.1) is 0 Å². The predicted octanol–water partition coefficient (Wildman–Crippen LogP) is 5.02. The second-order valence-electron chi connectivity index (χ2n) is 7.66. The summed E-state index contributed by atoms with van der Waals surface area (Å²) in [6, 6.07) is 12.1. The topological polar surface area (TPSA) is 49.9 Å². The fourth-order valence-corrected chi connectivity index (χ4v) is 6.78. The molecule has 9 heteroatoms. The van der Waals surface area contributed by atoms with E-state index in [0.29, 0.717) is 41.0 Å². The van der Waals surface area contributed by atoms with Gasteiger partial charge in [-0.2, -0.15) is 4.31 Å². The summed E-state index contributed by atoms with van der Waals surface area (Å²) in [6.07, 6.45) is 1.43. The Morgan fingerprint density at radius 2 is 1.67 bits per heavy atom. The van der Waals surface area contributed by atoms with Crippen molar-refractivity contribution < 1.29 is 13.2 Å². The van der Waals surface area contributed by atoms with Crippen molar-refractivity contribution >= 4 is 50.5 Å². The van der Waals surface area contributed by atoms with Crippen molar-refractivity contribution in [2.45, 2.75) is 30.2 Å². The number of piperazine rings is 1. The van der Waals surface area contributed by atoms with E-state index in [-0.39, 0.29) is 17.9 Å². The van der Waals surface area contributed by atoms with E-state index in [9.17, 15) is 8.42 Å². The summed E-state index contributed by atoms with van der Waals surface area (Å²) in [5.74, 6) is 0. The van der Waals surface area contributed by atoms with Crippen molar-refractivity contribution in [3.8, 4) is 0 Å². The molecule has 2 fully saturated rings. The predicted molar refractivity (Wildman–Crippen MR) is 122 cm³/mol. The number of nitrogens with zero attached hydrogens (tertiary/aromatic N) is 2. The molecule has 0 radical (unpaired) electrons. The van der Waals surface area contributed by atoms with Crippen LogP contribution in [0.5, 0.6) is 0 Å². The summed E-state index contributed by atoms with van der Waals surface area (Å²) in [6.45, 7) is 1.16. The summed E-state index contributed by atoms with van der Waals surface area (Å²) in [7, 11) is -1.81. The quantitative estimate of drug-likeness (QED) is 0.572. The van der Waals surface area contributed by atoms with Gasteiger partial charge in [0.25, 0.3) is 0 Å². The van der Waals surface area contributed by atoms with Gasteiger partial charge < -0.3 is 9.64 Å². The van der Waals surface area contributed by atoms with Gasteiger partial charge in [-0.05, 0) is 54.8 Å². The highest BCUT2D eigenvalue weighted by atomic mass is 35.5. The Labute approximate surface area is 192 Å². The van der Waals surface area contributed by atoms with Crippen molar-refractivity contribution in [1.29, 1.82) is 0 Å². The third-order valence-corrected chi connectivity index (χ3v) is 8.92. The molecule has 2 aromatic carbocycles. The Hall–Kier alpha value is -1.02. The van der Waals surface area contributed by atoms with Crippen molar-refractivity contribution in [2.24, 2.45) is 0 Å². The number of hydrogen-bond donors (Lipinski definition) is 0. The molecule has 2 atom stereocenters. The fourth-order valence-electron chi connectivity index (χ4n) is 4.13. The number of hydrogen-bond acceptors (Lipinski definition) is 4. The van der Waals surface area contributed by atoms with Crippen LogP contribution in [0, 0.1) is 0 Å². The number of sulfonamides is 1. The highest BCUT2D eigenvalue weighted by Crippen LogP contribution is 2.42.